The van der Waals surface area contributed by atoms with E-state index >= 15 is 0 Å². The zero-order chi connectivity index (χ0) is 18.4. The van der Waals surface area contributed by atoms with Crippen molar-refractivity contribution in [2.24, 2.45) is 0 Å². The zero-order valence-corrected chi connectivity index (χ0v) is 16.2. The number of ether oxygens (including phenoxy) is 2. The number of thiazole rings is 1. The molecule has 1 fully saturated rings. The summed E-state index contributed by atoms with van der Waals surface area (Å²) in [6.07, 6.45) is 1.59. The molecule has 1 unspecified atom stereocenters. The molecule has 0 spiro atoms. The molecule has 0 aliphatic carbocycles. The second kappa shape index (κ2) is 9.43. The van der Waals surface area contributed by atoms with Crippen LogP contribution in [0.2, 0.25) is 5.02 Å². The summed E-state index contributed by atoms with van der Waals surface area (Å²) in [6.45, 7) is 3.87. The average Bonchev–Trinajstić information content (AvgIpc) is 3.13. The van der Waals surface area contributed by atoms with Crippen LogP contribution in [0.1, 0.15) is 26.3 Å². The van der Waals surface area contributed by atoms with E-state index in [0.29, 0.717) is 36.3 Å². The number of nitrogens with one attached hydrogen (secondary N) is 1. The molecule has 1 aromatic heterocycles. The summed E-state index contributed by atoms with van der Waals surface area (Å²) in [5, 5.41) is 4.52. The minimum absolute atomic E-state index is 0.00270. The number of aromatic nitrogens is 1. The van der Waals surface area contributed by atoms with Gasteiger partial charge in [0.1, 0.15) is 9.88 Å². The van der Waals surface area contributed by atoms with Gasteiger partial charge in [-0.05, 0) is 11.6 Å². The van der Waals surface area contributed by atoms with E-state index in [9.17, 15) is 4.79 Å². The van der Waals surface area contributed by atoms with Crippen molar-refractivity contribution in [3.63, 3.8) is 0 Å². The lowest BCUT2D eigenvalue weighted by Crippen LogP contribution is -2.43. The van der Waals surface area contributed by atoms with Crippen molar-refractivity contribution < 1.29 is 14.3 Å². The summed E-state index contributed by atoms with van der Waals surface area (Å²) in [7, 11) is 1.61. The van der Waals surface area contributed by atoms with E-state index in [-0.39, 0.29) is 11.9 Å². The van der Waals surface area contributed by atoms with Crippen LogP contribution in [0.25, 0.3) is 0 Å². The van der Waals surface area contributed by atoms with E-state index in [1.54, 1.807) is 13.3 Å². The molecule has 6 nitrogen and oxygen atoms in total. The Balaban J connectivity index is 1.70. The largest absolute Gasteiger partial charge is 0.379 e. The second-order valence-electron chi connectivity index (χ2n) is 5.95. The first-order chi connectivity index (χ1) is 12.7. The Morgan fingerprint density at radius 3 is 2.92 bits per heavy atom. The summed E-state index contributed by atoms with van der Waals surface area (Å²) >= 11 is 7.76. The van der Waals surface area contributed by atoms with Crippen LogP contribution in [0.4, 0.5) is 0 Å². The number of hydrogen-bond donors (Lipinski definition) is 1. The monoisotopic (exact) mass is 395 g/mol. The molecule has 1 atom stereocenters. The smallest absolute Gasteiger partial charge is 0.263 e. The Morgan fingerprint density at radius 1 is 1.42 bits per heavy atom. The third-order valence-electron chi connectivity index (χ3n) is 4.25. The molecule has 1 amide bonds. The Morgan fingerprint density at radius 2 is 2.19 bits per heavy atom. The molecular formula is C18H22ClN3O3S. The van der Waals surface area contributed by atoms with Crippen LogP contribution in [0.5, 0.6) is 0 Å². The van der Waals surface area contributed by atoms with E-state index in [1.165, 1.54) is 11.3 Å². The highest BCUT2D eigenvalue weighted by atomic mass is 35.5. The first-order valence-corrected chi connectivity index (χ1v) is 9.66. The number of amides is 1. The average molecular weight is 396 g/mol. The summed E-state index contributed by atoms with van der Waals surface area (Å²) in [4.78, 5) is 19.6. The maximum Gasteiger partial charge on any atom is 0.263 e. The van der Waals surface area contributed by atoms with Gasteiger partial charge in [-0.2, -0.15) is 0 Å². The Kier molecular flexibility index (Phi) is 6.99. The Bertz CT molecular complexity index is 734. The van der Waals surface area contributed by atoms with Crippen molar-refractivity contribution in [3.8, 4) is 0 Å². The quantitative estimate of drug-likeness (QED) is 0.781. The molecule has 1 N–H and O–H groups in total. The Hall–Kier alpha value is -1.51. The molecule has 1 saturated heterocycles. The highest BCUT2D eigenvalue weighted by Crippen LogP contribution is 2.28. The van der Waals surface area contributed by atoms with Crippen molar-refractivity contribution in [1.29, 1.82) is 0 Å². The molecule has 8 heteroatoms. The van der Waals surface area contributed by atoms with Crippen molar-refractivity contribution in [3.05, 3.63) is 50.9 Å². The number of halogens is 1. The molecule has 1 aromatic carbocycles. The molecule has 2 heterocycles. The van der Waals surface area contributed by atoms with Gasteiger partial charge in [0.15, 0.2) is 0 Å². The number of benzene rings is 1. The van der Waals surface area contributed by atoms with E-state index < -0.39 is 0 Å². The number of rotatable bonds is 7. The number of methoxy groups -OCH3 is 1. The molecule has 0 saturated carbocycles. The first-order valence-electron chi connectivity index (χ1n) is 8.47. The zero-order valence-electron chi connectivity index (χ0n) is 14.6. The van der Waals surface area contributed by atoms with E-state index in [4.69, 9.17) is 21.1 Å². The fraction of sp³-hybridized carbons (Fsp3) is 0.444. The fourth-order valence-electron chi connectivity index (χ4n) is 2.95. The lowest BCUT2D eigenvalue weighted by atomic mass is 10.0. The van der Waals surface area contributed by atoms with Gasteiger partial charge in [-0.3, -0.25) is 9.69 Å². The predicted molar refractivity (Wildman–Crippen MR) is 102 cm³/mol. The number of hydrogen-bond acceptors (Lipinski definition) is 6. The SMILES string of the molecule is COCc1ncc(C(=O)NCC(c2ccccc2Cl)N2CCOCC2)s1. The van der Waals surface area contributed by atoms with Crippen LogP contribution in [0.3, 0.4) is 0 Å². The van der Waals surface area contributed by atoms with Gasteiger partial charge in [-0.1, -0.05) is 29.8 Å². The second-order valence-corrected chi connectivity index (χ2v) is 7.47. The standard InChI is InChI=1S/C18H22ClN3O3S/c1-24-12-17-20-11-16(26-17)18(23)21-10-15(22-6-8-25-9-7-22)13-4-2-3-5-14(13)19/h2-5,11,15H,6-10,12H2,1H3,(H,21,23). The molecule has 3 rings (SSSR count). The maximum absolute atomic E-state index is 12.5. The van der Waals surface area contributed by atoms with Crippen molar-refractivity contribution in [2.75, 3.05) is 40.0 Å². The van der Waals surface area contributed by atoms with E-state index in [1.807, 2.05) is 24.3 Å². The summed E-state index contributed by atoms with van der Waals surface area (Å²) < 4.78 is 10.5. The molecule has 0 bridgehead atoms. The molecule has 1 aliphatic rings. The molecule has 140 valence electrons. The molecule has 1 aliphatic heterocycles. The normalized spacial score (nSPS) is 16.4. The molecular weight excluding hydrogens is 374 g/mol. The third-order valence-corrected chi connectivity index (χ3v) is 5.57. The summed E-state index contributed by atoms with van der Waals surface area (Å²) in [6, 6.07) is 7.78. The summed E-state index contributed by atoms with van der Waals surface area (Å²) in [5.74, 6) is -0.129. The van der Waals surface area contributed by atoms with Crippen LogP contribution in [0, 0.1) is 0 Å². The maximum atomic E-state index is 12.5. The van der Waals surface area contributed by atoms with E-state index in [2.05, 4.69) is 15.2 Å². The van der Waals surface area contributed by atoms with E-state index in [0.717, 1.165) is 23.7 Å². The van der Waals surface area contributed by atoms with Crippen LogP contribution in [-0.4, -0.2) is 55.7 Å². The molecule has 26 heavy (non-hydrogen) atoms. The van der Waals surface area contributed by atoms with Crippen LogP contribution >= 0.6 is 22.9 Å². The van der Waals surface area contributed by atoms with Gasteiger partial charge in [0.05, 0.1) is 32.1 Å². The molecule has 2 aromatic rings. The van der Waals surface area contributed by atoms with Gasteiger partial charge >= 0.3 is 0 Å². The molecule has 0 radical (unpaired) electrons. The van der Waals surface area contributed by atoms with Crippen molar-refractivity contribution in [2.45, 2.75) is 12.6 Å². The van der Waals surface area contributed by atoms with Crippen LogP contribution in [0.15, 0.2) is 30.5 Å². The van der Waals surface area contributed by atoms with Gasteiger partial charge in [0, 0.05) is 31.8 Å². The fourth-order valence-corrected chi connectivity index (χ4v) is 4.02. The number of morpholine rings is 1. The minimum Gasteiger partial charge on any atom is -0.379 e. The Labute approximate surface area is 162 Å². The number of carbonyl (C=O) groups is 1. The van der Waals surface area contributed by atoms with Gasteiger partial charge in [-0.25, -0.2) is 4.98 Å². The van der Waals surface area contributed by atoms with Crippen LogP contribution < -0.4 is 5.32 Å². The topological polar surface area (TPSA) is 63.7 Å². The lowest BCUT2D eigenvalue weighted by Gasteiger charge is -2.35. The summed E-state index contributed by atoms with van der Waals surface area (Å²) in [5.41, 5.74) is 1.01. The minimum atomic E-state index is -0.129. The first kappa shape index (κ1) is 19.3. The van der Waals surface area contributed by atoms with Gasteiger partial charge in [0.25, 0.3) is 5.91 Å². The number of nitrogens with zero attached hydrogens (tertiary/aromatic N) is 2. The highest BCUT2D eigenvalue weighted by molar-refractivity contribution is 7.13. The highest BCUT2D eigenvalue weighted by Gasteiger charge is 2.25. The lowest BCUT2D eigenvalue weighted by molar-refractivity contribution is 0.0162. The van der Waals surface area contributed by atoms with Crippen LogP contribution in [-0.2, 0) is 16.1 Å². The van der Waals surface area contributed by atoms with Crippen molar-refractivity contribution >= 4 is 28.8 Å². The third kappa shape index (κ3) is 4.81. The van der Waals surface area contributed by atoms with Crippen molar-refractivity contribution in [1.82, 2.24) is 15.2 Å². The predicted octanol–water partition coefficient (Wildman–Crippen LogP) is 2.75. The van der Waals surface area contributed by atoms with Gasteiger partial charge < -0.3 is 14.8 Å². The number of carbonyl (C=O) groups excluding carboxylic acids is 1. The van der Waals surface area contributed by atoms with Gasteiger partial charge in [-0.15, -0.1) is 11.3 Å². The van der Waals surface area contributed by atoms with Gasteiger partial charge in [0.2, 0.25) is 0 Å².